The lowest BCUT2D eigenvalue weighted by Gasteiger charge is -2.15. The largest absolute Gasteiger partial charge is 0.340 e. The zero-order valence-electron chi connectivity index (χ0n) is 13.0. The van der Waals surface area contributed by atoms with E-state index in [1.165, 1.54) is 11.3 Å². The van der Waals surface area contributed by atoms with Gasteiger partial charge in [0.25, 0.3) is 5.91 Å². The summed E-state index contributed by atoms with van der Waals surface area (Å²) in [6.07, 6.45) is 0.806. The van der Waals surface area contributed by atoms with Crippen LogP contribution in [-0.2, 0) is 13.0 Å². The topological polar surface area (TPSA) is 72.1 Å². The van der Waals surface area contributed by atoms with Crippen molar-refractivity contribution >= 4 is 17.2 Å². The maximum atomic E-state index is 12.6. The van der Waals surface area contributed by atoms with Crippen LogP contribution in [0.25, 0.3) is 0 Å². The first-order valence-corrected chi connectivity index (χ1v) is 7.69. The van der Waals surface area contributed by atoms with Crippen LogP contribution >= 0.6 is 11.3 Å². The van der Waals surface area contributed by atoms with Gasteiger partial charge in [0.15, 0.2) is 5.82 Å². The van der Waals surface area contributed by atoms with Crippen molar-refractivity contribution < 1.29 is 9.32 Å². The van der Waals surface area contributed by atoms with E-state index in [4.69, 9.17) is 4.52 Å². The van der Waals surface area contributed by atoms with Crippen LogP contribution in [0.3, 0.4) is 0 Å². The molecule has 2 aromatic heterocycles. The molecule has 0 aliphatic carbocycles. The molecule has 0 saturated carbocycles. The van der Waals surface area contributed by atoms with Crippen molar-refractivity contribution in [2.75, 3.05) is 7.05 Å². The number of thiazole rings is 1. The highest BCUT2D eigenvalue weighted by Crippen LogP contribution is 2.22. The highest BCUT2D eigenvalue weighted by Gasteiger charge is 2.22. The zero-order valence-corrected chi connectivity index (χ0v) is 13.8. The number of hydrogen-bond donors (Lipinski definition) is 0. The molecule has 0 N–H and O–H groups in total. The van der Waals surface area contributed by atoms with E-state index in [1.54, 1.807) is 18.9 Å². The highest BCUT2D eigenvalue weighted by atomic mass is 32.1. The normalized spacial score (nSPS) is 11.1. The number of amides is 1. The monoisotopic (exact) mass is 308 g/mol. The number of nitrogens with zero attached hydrogens (tertiary/aromatic N) is 4. The smallest absolute Gasteiger partial charge is 0.266 e. The molecular formula is C14H20N4O2S. The van der Waals surface area contributed by atoms with Crippen LogP contribution in [-0.4, -0.2) is 33.0 Å². The minimum absolute atomic E-state index is 0.0429. The molecule has 0 aliphatic heterocycles. The van der Waals surface area contributed by atoms with Gasteiger partial charge in [0.05, 0.1) is 17.2 Å². The molecular weight excluding hydrogens is 288 g/mol. The maximum absolute atomic E-state index is 12.6. The minimum atomic E-state index is -0.0429. The summed E-state index contributed by atoms with van der Waals surface area (Å²) in [4.78, 5) is 23.5. The highest BCUT2D eigenvalue weighted by molar-refractivity contribution is 7.13. The summed E-state index contributed by atoms with van der Waals surface area (Å²) in [6.45, 7) is 8.22. The van der Waals surface area contributed by atoms with E-state index in [2.05, 4.69) is 29.0 Å². The van der Waals surface area contributed by atoms with Crippen LogP contribution in [0.1, 0.15) is 45.9 Å². The van der Waals surface area contributed by atoms with E-state index < -0.39 is 0 Å². The lowest BCUT2D eigenvalue weighted by atomic mass is 10.1. The molecule has 21 heavy (non-hydrogen) atoms. The molecule has 0 radical (unpaired) electrons. The molecule has 2 aromatic rings. The van der Waals surface area contributed by atoms with Crippen molar-refractivity contribution in [2.45, 2.75) is 40.7 Å². The van der Waals surface area contributed by atoms with Gasteiger partial charge in [0, 0.05) is 14.0 Å². The number of hydrogen-bond acceptors (Lipinski definition) is 6. The van der Waals surface area contributed by atoms with Crippen molar-refractivity contribution in [2.24, 2.45) is 5.92 Å². The first-order valence-electron chi connectivity index (χ1n) is 6.87. The van der Waals surface area contributed by atoms with Crippen molar-refractivity contribution in [3.05, 3.63) is 27.3 Å². The van der Waals surface area contributed by atoms with Gasteiger partial charge in [-0.15, -0.1) is 11.3 Å². The van der Waals surface area contributed by atoms with Gasteiger partial charge in [-0.3, -0.25) is 4.79 Å². The van der Waals surface area contributed by atoms with Gasteiger partial charge in [0.1, 0.15) is 4.88 Å². The fourth-order valence-corrected chi connectivity index (χ4v) is 2.97. The molecule has 7 heteroatoms. The first-order chi connectivity index (χ1) is 9.86. The Hall–Kier alpha value is -1.76. The summed E-state index contributed by atoms with van der Waals surface area (Å²) in [5.41, 5.74) is 0.883. The lowest BCUT2D eigenvalue weighted by Crippen LogP contribution is -2.27. The standard InChI is InChI=1S/C14H20N4O2S/c1-8(2)6-11-13(21-10(4)16-11)14(19)18(5)7-12-15-9(3)20-17-12/h8H,6-7H2,1-5H3. The third-order valence-corrected chi connectivity index (χ3v) is 3.90. The van der Waals surface area contributed by atoms with Crippen molar-refractivity contribution in [1.29, 1.82) is 0 Å². The Kier molecular flexibility index (Phi) is 4.72. The fourth-order valence-electron chi connectivity index (χ4n) is 2.03. The lowest BCUT2D eigenvalue weighted by molar-refractivity contribution is 0.0784. The molecule has 0 fully saturated rings. The van der Waals surface area contributed by atoms with Crippen LogP contribution in [0.4, 0.5) is 0 Å². The van der Waals surface area contributed by atoms with Crippen molar-refractivity contribution in [3.8, 4) is 0 Å². The van der Waals surface area contributed by atoms with Crippen LogP contribution in [0.15, 0.2) is 4.52 Å². The van der Waals surface area contributed by atoms with Gasteiger partial charge in [-0.25, -0.2) is 4.98 Å². The van der Waals surface area contributed by atoms with Gasteiger partial charge < -0.3 is 9.42 Å². The van der Waals surface area contributed by atoms with Crippen molar-refractivity contribution in [1.82, 2.24) is 20.0 Å². The number of aryl methyl sites for hydroxylation is 2. The Labute approximate surface area is 128 Å². The van der Waals surface area contributed by atoms with Crippen LogP contribution < -0.4 is 0 Å². The Morgan fingerprint density at radius 3 is 2.62 bits per heavy atom. The second-order valence-corrected chi connectivity index (χ2v) is 6.70. The van der Waals surface area contributed by atoms with Gasteiger partial charge in [-0.05, 0) is 19.3 Å². The van der Waals surface area contributed by atoms with E-state index in [1.807, 2.05) is 6.92 Å². The maximum Gasteiger partial charge on any atom is 0.266 e. The van der Waals surface area contributed by atoms with Crippen molar-refractivity contribution in [3.63, 3.8) is 0 Å². The predicted octanol–water partition coefficient (Wildman–Crippen LogP) is 2.61. The average molecular weight is 308 g/mol. The van der Waals surface area contributed by atoms with E-state index >= 15 is 0 Å². The second kappa shape index (κ2) is 6.34. The quantitative estimate of drug-likeness (QED) is 0.849. The third kappa shape index (κ3) is 3.87. The summed E-state index contributed by atoms with van der Waals surface area (Å²) in [7, 11) is 1.74. The van der Waals surface area contributed by atoms with E-state index in [-0.39, 0.29) is 5.91 Å². The van der Waals surface area contributed by atoms with E-state index in [0.717, 1.165) is 17.1 Å². The molecule has 0 unspecified atom stereocenters. The summed E-state index contributed by atoms with van der Waals surface area (Å²) >= 11 is 1.44. The number of carbonyl (C=O) groups excluding carboxylic acids is 1. The minimum Gasteiger partial charge on any atom is -0.340 e. The number of rotatable bonds is 5. The fraction of sp³-hybridized carbons (Fsp3) is 0.571. The third-order valence-electron chi connectivity index (χ3n) is 2.90. The molecule has 2 heterocycles. The number of aromatic nitrogens is 3. The molecule has 1 amide bonds. The zero-order chi connectivity index (χ0) is 15.6. The molecule has 2 rings (SSSR count). The Bertz CT molecular complexity index is 633. The number of carbonyl (C=O) groups is 1. The Morgan fingerprint density at radius 1 is 1.33 bits per heavy atom. The Balaban J connectivity index is 2.15. The molecule has 0 atom stereocenters. The summed E-state index contributed by atoms with van der Waals surface area (Å²) < 4.78 is 4.92. The molecule has 0 saturated heterocycles. The molecule has 114 valence electrons. The van der Waals surface area contributed by atoms with Gasteiger partial charge >= 0.3 is 0 Å². The van der Waals surface area contributed by atoms with Gasteiger partial charge in [0.2, 0.25) is 5.89 Å². The summed E-state index contributed by atoms with van der Waals surface area (Å²) in [5, 5.41) is 4.73. The summed E-state index contributed by atoms with van der Waals surface area (Å²) in [5.74, 6) is 1.43. The van der Waals surface area contributed by atoms with Crippen LogP contribution in [0, 0.1) is 19.8 Å². The molecule has 0 aliphatic rings. The molecule has 0 spiro atoms. The van der Waals surface area contributed by atoms with Gasteiger partial charge in [-0.2, -0.15) is 4.98 Å². The average Bonchev–Trinajstić information content (AvgIpc) is 2.94. The van der Waals surface area contributed by atoms with Crippen LogP contribution in [0.2, 0.25) is 0 Å². The second-order valence-electron chi connectivity index (χ2n) is 5.50. The molecule has 6 nitrogen and oxygen atoms in total. The van der Waals surface area contributed by atoms with Gasteiger partial charge in [-0.1, -0.05) is 19.0 Å². The predicted molar refractivity (Wildman–Crippen MR) is 80.2 cm³/mol. The molecule has 0 bridgehead atoms. The van der Waals surface area contributed by atoms with E-state index in [9.17, 15) is 4.79 Å². The molecule has 0 aromatic carbocycles. The summed E-state index contributed by atoms with van der Waals surface area (Å²) in [6, 6.07) is 0. The van der Waals surface area contributed by atoms with E-state index in [0.29, 0.717) is 29.1 Å². The first kappa shape index (κ1) is 15.6. The van der Waals surface area contributed by atoms with Crippen LogP contribution in [0.5, 0.6) is 0 Å². The Morgan fingerprint density at radius 2 is 2.05 bits per heavy atom. The SMILES string of the molecule is Cc1nc(CN(C)C(=O)c2sc(C)nc2CC(C)C)no1.